The molecule has 0 saturated carbocycles. The first kappa shape index (κ1) is 79.4. The highest BCUT2D eigenvalue weighted by molar-refractivity contribution is 6.08. The number of furan rings is 2. The van der Waals surface area contributed by atoms with Gasteiger partial charge in [-0.3, -0.25) is 0 Å². The SMILES string of the molecule is CC1(C)c2ccccc2-c2ccc(N(c3ccc(-c4ccc5c(c4)oc4ccccc45)cc3)c3ccc4c(c3)C3(c5ccccc5-4)c4ccccc4C(C)(C)c4ccccc43)cc21.CC1(C)c2ccccc2-c2ccc(N(c3ccc(-c4ccc5c(c4)oc4ccccc45)cc3)c3ccc4c(c3)C3(c5ccccc5-4)c4ccccc4C(c4ccccc4)(c4ccccc4)c4ccccc43)cc21. The van der Waals surface area contributed by atoms with Crippen molar-refractivity contribution in [2.45, 2.75) is 74.0 Å². The Hall–Kier alpha value is -16.4. The molecular weight excluding hydrogens is 1650 g/mol. The van der Waals surface area contributed by atoms with Gasteiger partial charge < -0.3 is 18.6 Å². The number of hydrogen-bond donors (Lipinski definition) is 0. The fourth-order valence-electron chi connectivity index (χ4n) is 25.7. The smallest absolute Gasteiger partial charge is 0.136 e. The topological polar surface area (TPSA) is 32.8 Å². The predicted molar refractivity (Wildman–Crippen MR) is 561 cm³/mol. The number of anilines is 6. The van der Waals surface area contributed by atoms with E-state index in [0.717, 1.165) is 100 Å². The van der Waals surface area contributed by atoms with Crippen LogP contribution < -0.4 is 9.80 Å². The summed E-state index contributed by atoms with van der Waals surface area (Å²) in [5.41, 5.74) is 47.0. The largest absolute Gasteiger partial charge is 0.456 e. The van der Waals surface area contributed by atoms with E-state index in [2.05, 4.69) is 488 Å². The Morgan fingerprint density at radius 2 is 0.397 bits per heavy atom. The van der Waals surface area contributed by atoms with Crippen LogP contribution in [-0.2, 0) is 32.5 Å². The monoisotopic (exact) mass is 1740 g/mol. The minimum atomic E-state index is -0.630. The number of hydrogen-bond acceptors (Lipinski definition) is 4. The second kappa shape index (κ2) is 29.5. The average Bonchev–Trinajstić information content (AvgIpc) is 1.52. The van der Waals surface area contributed by atoms with Crippen LogP contribution in [0.2, 0.25) is 0 Å². The standard InChI is InChI=1S/C71H49NO.C61H45NO/c1-69(2)59-26-12-9-23-53(59)55-41-38-51(44-65(55)69)72(50-36-33-46(34-37-50)47-35-40-58-57-25-11-18-32-67(57)73-68(58)43-47)52-39-42-56-54-24-10-13-27-60(54)71(66(56)45-52)63-30-16-14-28-61(63)70(48-19-5-3-6-20-48,49-21-7-4-8-22-49)62-29-15-17-31-64(62)71;1-59(2)49-18-8-5-15-43(49)45-33-30-41(36-55(45)59)62(40-28-25-38(26-29-40)39-27-32-48-47-17-7-14-24-57(47)63-58(48)35-39)42-31-34-46-44-16-6-9-19-50(44)61(56(46)37-42)53-22-12-10-20-51(53)60(3,4)52-21-11-13-23-54(52)61/h3-45H,1-2H3;5-37H,1-4H3. The number of fused-ring (bicyclic) bond motifs is 30. The first-order valence-electron chi connectivity index (χ1n) is 47.8. The van der Waals surface area contributed by atoms with Crippen LogP contribution in [0.1, 0.15) is 142 Å². The first-order chi connectivity index (χ1) is 66.7. The van der Waals surface area contributed by atoms with Gasteiger partial charge in [-0.05, 0) is 276 Å². The minimum absolute atomic E-state index is 0.140. The van der Waals surface area contributed by atoms with Gasteiger partial charge in [-0.15, -0.1) is 0 Å². The van der Waals surface area contributed by atoms with Crippen LogP contribution in [0, 0.1) is 0 Å². The van der Waals surface area contributed by atoms with Crippen molar-refractivity contribution in [2.24, 2.45) is 0 Å². The van der Waals surface area contributed by atoms with Gasteiger partial charge in [0.15, 0.2) is 0 Å². The fraction of sp³-hybridized carbons (Fsp3) is 0.0909. The molecule has 0 amide bonds. The van der Waals surface area contributed by atoms with Crippen LogP contribution in [0.15, 0.2) is 470 Å². The summed E-state index contributed by atoms with van der Waals surface area (Å²) in [6, 6.07) is 172. The van der Waals surface area contributed by atoms with E-state index in [1.165, 1.54) is 145 Å². The van der Waals surface area contributed by atoms with E-state index < -0.39 is 16.2 Å². The highest BCUT2D eigenvalue weighted by atomic mass is 16.3. The lowest BCUT2D eigenvalue weighted by Crippen LogP contribution is -2.44. The molecule has 0 fully saturated rings. The first-order valence-corrected chi connectivity index (χ1v) is 47.8. The zero-order chi connectivity index (χ0) is 90.7. The molecule has 22 aromatic rings. The lowest BCUT2D eigenvalue weighted by molar-refractivity contribution is 0.563. The molecule has 136 heavy (non-hydrogen) atoms. The summed E-state index contributed by atoms with van der Waals surface area (Å²) in [6.07, 6.45) is 0. The lowest BCUT2D eigenvalue weighted by atomic mass is 9.51. The van der Waals surface area contributed by atoms with Crippen molar-refractivity contribution in [1.29, 1.82) is 0 Å². The second-order valence-corrected chi connectivity index (χ2v) is 39.5. The van der Waals surface area contributed by atoms with Crippen molar-refractivity contribution < 1.29 is 8.83 Å². The molecule has 0 bridgehead atoms. The molecule has 4 heteroatoms. The maximum absolute atomic E-state index is 6.37. The van der Waals surface area contributed by atoms with Crippen LogP contribution in [0.4, 0.5) is 34.1 Å². The van der Waals surface area contributed by atoms with E-state index in [4.69, 9.17) is 8.83 Å². The fourth-order valence-corrected chi connectivity index (χ4v) is 25.7. The van der Waals surface area contributed by atoms with Gasteiger partial charge >= 0.3 is 0 Å². The van der Waals surface area contributed by atoms with Gasteiger partial charge in [-0.1, -0.05) is 393 Å². The molecule has 0 saturated heterocycles. The van der Waals surface area contributed by atoms with Crippen molar-refractivity contribution in [2.75, 3.05) is 9.80 Å². The van der Waals surface area contributed by atoms with Crippen LogP contribution in [-0.4, -0.2) is 0 Å². The highest BCUT2D eigenvalue weighted by Gasteiger charge is 2.58. The van der Waals surface area contributed by atoms with E-state index in [1.54, 1.807) is 0 Å². The van der Waals surface area contributed by atoms with E-state index in [9.17, 15) is 0 Å². The van der Waals surface area contributed by atoms with Gasteiger partial charge in [0.2, 0.25) is 0 Å². The molecule has 20 aromatic carbocycles. The average molecular weight is 1740 g/mol. The molecule has 6 aliphatic carbocycles. The molecule has 2 aromatic heterocycles. The molecule has 0 atom stereocenters. The number of nitrogens with zero attached hydrogens (tertiary/aromatic N) is 2. The van der Waals surface area contributed by atoms with E-state index in [0.29, 0.717) is 0 Å². The van der Waals surface area contributed by atoms with Crippen molar-refractivity contribution in [3.05, 3.63) is 561 Å². The van der Waals surface area contributed by atoms with Crippen molar-refractivity contribution in [3.63, 3.8) is 0 Å². The predicted octanol–water partition coefficient (Wildman–Crippen LogP) is 34.1. The van der Waals surface area contributed by atoms with Gasteiger partial charge in [-0.25, -0.2) is 0 Å². The van der Waals surface area contributed by atoms with E-state index in [-0.39, 0.29) is 16.2 Å². The molecule has 644 valence electrons. The number of benzene rings is 20. The quantitative estimate of drug-likeness (QED) is 0.137. The third kappa shape index (κ3) is 11.1. The van der Waals surface area contributed by atoms with Crippen molar-refractivity contribution in [1.82, 2.24) is 0 Å². The van der Waals surface area contributed by atoms with Gasteiger partial charge in [0.25, 0.3) is 0 Å². The second-order valence-electron chi connectivity index (χ2n) is 39.5. The third-order valence-electron chi connectivity index (χ3n) is 31.8. The Kier molecular flexibility index (Phi) is 17.2. The molecule has 2 spiro atoms. The maximum atomic E-state index is 6.37. The maximum Gasteiger partial charge on any atom is 0.136 e. The Bertz CT molecular complexity index is 8580. The summed E-state index contributed by atoms with van der Waals surface area (Å²) in [4.78, 5) is 4.97. The Balaban J connectivity index is 0.000000139. The van der Waals surface area contributed by atoms with E-state index >= 15 is 0 Å². The molecule has 0 aliphatic heterocycles. The summed E-state index contributed by atoms with van der Waals surface area (Å²) in [5, 5.41) is 4.56. The highest BCUT2D eigenvalue weighted by Crippen LogP contribution is 2.68. The molecule has 0 radical (unpaired) electrons. The third-order valence-corrected chi connectivity index (χ3v) is 31.8. The molecule has 4 nitrogen and oxygen atoms in total. The van der Waals surface area contributed by atoms with Crippen LogP contribution >= 0.6 is 0 Å². The van der Waals surface area contributed by atoms with Gasteiger partial charge in [0.05, 0.1) is 16.2 Å². The van der Waals surface area contributed by atoms with Gasteiger partial charge in [0.1, 0.15) is 22.3 Å². The Morgan fingerprint density at radius 1 is 0.154 bits per heavy atom. The van der Waals surface area contributed by atoms with E-state index in [1.807, 2.05) is 24.3 Å². The van der Waals surface area contributed by atoms with Gasteiger partial charge in [0, 0.05) is 71.9 Å². The van der Waals surface area contributed by atoms with Crippen molar-refractivity contribution >= 4 is 78.0 Å². The summed E-state index contributed by atoms with van der Waals surface area (Å²) in [6.45, 7) is 14.3. The molecule has 0 unspecified atom stereocenters. The van der Waals surface area contributed by atoms with Crippen molar-refractivity contribution in [3.8, 4) is 66.8 Å². The minimum Gasteiger partial charge on any atom is -0.456 e. The Labute approximate surface area is 793 Å². The summed E-state index contributed by atoms with van der Waals surface area (Å²) < 4.78 is 12.7. The molecule has 6 aliphatic rings. The summed E-state index contributed by atoms with van der Waals surface area (Å²) in [7, 11) is 0. The molecule has 0 N–H and O–H groups in total. The van der Waals surface area contributed by atoms with Crippen LogP contribution in [0.3, 0.4) is 0 Å². The summed E-state index contributed by atoms with van der Waals surface area (Å²) in [5.74, 6) is 0. The molecule has 28 rings (SSSR count). The van der Waals surface area contributed by atoms with Gasteiger partial charge in [-0.2, -0.15) is 0 Å². The Morgan fingerprint density at radius 3 is 0.765 bits per heavy atom. The zero-order valence-electron chi connectivity index (χ0n) is 76.6. The summed E-state index contributed by atoms with van der Waals surface area (Å²) >= 11 is 0. The normalized spacial score (nSPS) is 15.0. The lowest BCUT2D eigenvalue weighted by Gasteiger charge is -2.50. The van der Waals surface area contributed by atoms with Crippen LogP contribution in [0.25, 0.3) is 111 Å². The van der Waals surface area contributed by atoms with Crippen LogP contribution in [0.5, 0.6) is 0 Å². The molecule has 2 heterocycles. The number of para-hydroxylation sites is 2. The molecular formula is C132H94N2O2. The number of rotatable bonds is 10. The zero-order valence-corrected chi connectivity index (χ0v) is 76.6.